The van der Waals surface area contributed by atoms with Crippen molar-refractivity contribution >= 4 is 50.7 Å². The van der Waals surface area contributed by atoms with Crippen molar-refractivity contribution in [2.45, 2.75) is 58.2 Å². The topological polar surface area (TPSA) is 96.0 Å². The second-order valence-electron chi connectivity index (χ2n) is 10.4. The minimum absolute atomic E-state index is 0.00921. The van der Waals surface area contributed by atoms with Gasteiger partial charge in [0.1, 0.15) is 11.8 Å². The van der Waals surface area contributed by atoms with Crippen LogP contribution in [0.3, 0.4) is 0 Å². The number of halogens is 2. The first-order valence-corrected chi connectivity index (χ1v) is 16.7. The van der Waals surface area contributed by atoms with Crippen molar-refractivity contribution in [1.82, 2.24) is 10.2 Å². The van der Waals surface area contributed by atoms with E-state index in [2.05, 4.69) is 5.32 Å². The maximum Gasteiger partial charge on any atom is 0.243 e. The average Bonchev–Trinajstić information content (AvgIpc) is 2.97. The molecule has 2 atom stereocenters. The summed E-state index contributed by atoms with van der Waals surface area (Å²) in [7, 11) is -2.09. The Kier molecular flexibility index (Phi) is 12.7. The molecule has 0 saturated carbocycles. The molecule has 8 nitrogen and oxygen atoms in total. The molecule has 0 aromatic heterocycles. The molecule has 0 spiro atoms. The molecule has 0 heterocycles. The van der Waals surface area contributed by atoms with E-state index in [-0.39, 0.29) is 43.8 Å². The van der Waals surface area contributed by atoms with Crippen molar-refractivity contribution in [3.05, 3.63) is 94.0 Å². The van der Waals surface area contributed by atoms with E-state index < -0.39 is 16.1 Å². The fraction of sp³-hybridized carbons (Fsp3) is 0.375. The molecule has 0 aliphatic heterocycles. The molecule has 3 rings (SSSR count). The largest absolute Gasteiger partial charge is 0.497 e. The number of nitrogens with one attached hydrogen (secondary N) is 1. The summed E-state index contributed by atoms with van der Waals surface area (Å²) < 4.78 is 31.8. The lowest BCUT2D eigenvalue weighted by Gasteiger charge is -2.33. The monoisotopic (exact) mass is 647 g/mol. The van der Waals surface area contributed by atoms with Crippen molar-refractivity contribution in [2.75, 3.05) is 24.2 Å². The van der Waals surface area contributed by atoms with Gasteiger partial charge in [-0.1, -0.05) is 66.5 Å². The molecule has 0 unspecified atom stereocenters. The molecule has 2 amide bonds. The Hall–Kier alpha value is -3.27. The molecule has 0 bridgehead atoms. The predicted molar refractivity (Wildman–Crippen MR) is 173 cm³/mol. The number of carbonyl (C=O) groups is 2. The number of anilines is 1. The van der Waals surface area contributed by atoms with Crippen molar-refractivity contribution in [1.29, 1.82) is 0 Å². The lowest BCUT2D eigenvalue weighted by molar-refractivity contribution is -0.141. The summed E-state index contributed by atoms with van der Waals surface area (Å²) >= 11 is 12.6. The first-order valence-electron chi connectivity index (χ1n) is 14.1. The number of methoxy groups -OCH3 is 1. The zero-order chi connectivity index (χ0) is 31.6. The summed E-state index contributed by atoms with van der Waals surface area (Å²) in [5.74, 6) is 0.0334. The molecule has 1 N–H and O–H groups in total. The Bertz CT molecular complexity index is 1470. The highest BCUT2D eigenvalue weighted by Gasteiger charge is 2.31. The maximum absolute atomic E-state index is 14.0. The van der Waals surface area contributed by atoms with Crippen LogP contribution in [0, 0.1) is 0 Å². The van der Waals surface area contributed by atoms with Gasteiger partial charge in [0, 0.05) is 42.0 Å². The fourth-order valence-electron chi connectivity index (χ4n) is 4.58. The number of carbonyl (C=O) groups excluding carboxylic acids is 2. The number of amides is 2. The maximum atomic E-state index is 14.0. The van der Waals surface area contributed by atoms with Crippen LogP contribution in [-0.2, 0) is 32.6 Å². The third kappa shape index (κ3) is 10.2. The SMILES string of the molecule is CC[C@@H](C)NC(=O)[C@H](Cc1ccccc1)N(Cc1ccc(Cl)cc1Cl)C(=O)CCCN(c1ccc(OC)cc1)S(C)(=O)=O. The molecule has 0 fully saturated rings. The normalized spacial score (nSPS) is 12.7. The lowest BCUT2D eigenvalue weighted by Crippen LogP contribution is -2.52. The van der Waals surface area contributed by atoms with E-state index in [1.807, 2.05) is 44.2 Å². The van der Waals surface area contributed by atoms with Crippen LogP contribution in [0.2, 0.25) is 10.0 Å². The van der Waals surface area contributed by atoms with Crippen molar-refractivity contribution in [3.8, 4) is 5.75 Å². The van der Waals surface area contributed by atoms with Gasteiger partial charge in [-0.15, -0.1) is 0 Å². The minimum atomic E-state index is -3.63. The number of benzene rings is 3. The number of sulfonamides is 1. The molecule has 0 radical (unpaired) electrons. The highest BCUT2D eigenvalue weighted by atomic mass is 35.5. The van der Waals surface area contributed by atoms with Crippen LogP contribution in [0.15, 0.2) is 72.8 Å². The molecular formula is C32H39Cl2N3O5S. The molecule has 232 valence electrons. The molecule has 11 heteroatoms. The van der Waals surface area contributed by atoms with Crippen molar-refractivity contribution in [3.63, 3.8) is 0 Å². The quantitative estimate of drug-likeness (QED) is 0.215. The third-order valence-electron chi connectivity index (χ3n) is 7.14. The Labute approximate surface area is 265 Å². The van der Waals surface area contributed by atoms with Crippen molar-refractivity contribution < 1.29 is 22.7 Å². The van der Waals surface area contributed by atoms with Gasteiger partial charge < -0.3 is 15.0 Å². The van der Waals surface area contributed by atoms with Gasteiger partial charge in [0.25, 0.3) is 0 Å². The highest BCUT2D eigenvalue weighted by molar-refractivity contribution is 7.92. The molecule has 0 saturated heterocycles. The van der Waals surface area contributed by atoms with Gasteiger partial charge in [0.2, 0.25) is 21.8 Å². The molecule has 3 aromatic rings. The predicted octanol–water partition coefficient (Wildman–Crippen LogP) is 6.10. The van der Waals surface area contributed by atoms with Gasteiger partial charge in [0.05, 0.1) is 19.1 Å². The number of hydrogen-bond acceptors (Lipinski definition) is 5. The fourth-order valence-corrected chi connectivity index (χ4v) is 6.01. The van der Waals surface area contributed by atoms with E-state index in [1.54, 1.807) is 42.5 Å². The van der Waals surface area contributed by atoms with Gasteiger partial charge in [-0.05, 0) is 67.3 Å². The smallest absolute Gasteiger partial charge is 0.243 e. The molecule has 0 aliphatic carbocycles. The van der Waals surface area contributed by atoms with E-state index in [0.29, 0.717) is 33.5 Å². The van der Waals surface area contributed by atoms with Gasteiger partial charge in [0.15, 0.2) is 0 Å². The summed E-state index contributed by atoms with van der Waals surface area (Å²) in [6.45, 7) is 4.05. The molecule has 3 aromatic carbocycles. The van der Waals surface area contributed by atoms with Crippen LogP contribution in [0.4, 0.5) is 5.69 Å². The van der Waals surface area contributed by atoms with Crippen LogP contribution in [-0.4, -0.2) is 57.1 Å². The minimum Gasteiger partial charge on any atom is -0.497 e. The van der Waals surface area contributed by atoms with Gasteiger partial charge >= 0.3 is 0 Å². The Balaban J connectivity index is 1.91. The number of rotatable bonds is 15. The third-order valence-corrected chi connectivity index (χ3v) is 8.92. The van der Waals surface area contributed by atoms with Gasteiger partial charge in [-0.25, -0.2) is 8.42 Å². The van der Waals surface area contributed by atoms with Crippen LogP contribution >= 0.6 is 23.2 Å². The van der Waals surface area contributed by atoms with Gasteiger partial charge in [-0.2, -0.15) is 0 Å². The molecule has 0 aliphatic rings. The van der Waals surface area contributed by atoms with Crippen LogP contribution in [0.25, 0.3) is 0 Å². The van der Waals surface area contributed by atoms with E-state index in [9.17, 15) is 18.0 Å². The first-order chi connectivity index (χ1) is 20.4. The zero-order valence-corrected chi connectivity index (χ0v) is 27.3. The van der Waals surface area contributed by atoms with Gasteiger partial charge in [-0.3, -0.25) is 13.9 Å². The summed E-state index contributed by atoms with van der Waals surface area (Å²) in [6, 6.07) is 20.3. The lowest BCUT2D eigenvalue weighted by atomic mass is 10.0. The van der Waals surface area contributed by atoms with Crippen LogP contribution < -0.4 is 14.4 Å². The van der Waals surface area contributed by atoms with E-state index in [4.69, 9.17) is 27.9 Å². The number of ether oxygens (including phenoxy) is 1. The summed E-state index contributed by atoms with van der Waals surface area (Å²) in [5.41, 5.74) is 2.01. The van der Waals surface area contributed by atoms with E-state index in [1.165, 1.54) is 16.3 Å². The number of nitrogens with zero attached hydrogens (tertiary/aromatic N) is 2. The Morgan fingerprint density at radius 3 is 2.26 bits per heavy atom. The summed E-state index contributed by atoms with van der Waals surface area (Å²) in [6.07, 6.45) is 2.39. The molecular weight excluding hydrogens is 609 g/mol. The second kappa shape index (κ2) is 16.0. The Morgan fingerprint density at radius 2 is 1.67 bits per heavy atom. The van der Waals surface area contributed by atoms with Crippen molar-refractivity contribution in [2.24, 2.45) is 0 Å². The Morgan fingerprint density at radius 1 is 1.00 bits per heavy atom. The summed E-state index contributed by atoms with van der Waals surface area (Å²) in [5, 5.41) is 3.88. The van der Waals surface area contributed by atoms with E-state index >= 15 is 0 Å². The highest BCUT2D eigenvalue weighted by Crippen LogP contribution is 2.26. The van der Waals surface area contributed by atoms with Crippen LogP contribution in [0.1, 0.15) is 44.2 Å². The number of hydrogen-bond donors (Lipinski definition) is 1. The average molecular weight is 649 g/mol. The van der Waals surface area contributed by atoms with E-state index in [0.717, 1.165) is 18.2 Å². The molecule has 43 heavy (non-hydrogen) atoms. The summed E-state index contributed by atoms with van der Waals surface area (Å²) in [4.78, 5) is 29.2. The first kappa shape index (κ1) is 34.2. The second-order valence-corrected chi connectivity index (χ2v) is 13.2. The zero-order valence-electron chi connectivity index (χ0n) is 24.9. The van der Waals surface area contributed by atoms with Crippen LogP contribution in [0.5, 0.6) is 5.75 Å². The standard InChI is InChI=1S/C32H39Cl2N3O5S/c1-5-23(2)35-32(39)30(20-24-10-7-6-8-11-24)36(22-25-13-14-26(33)21-29(25)34)31(38)12-9-19-37(43(4,40)41)27-15-17-28(42-3)18-16-27/h6-8,10-11,13-18,21,23,30H,5,9,12,19-20,22H2,1-4H3,(H,35,39)/t23-,30+/m1/s1.